The third-order valence-corrected chi connectivity index (χ3v) is 6.11. The number of ether oxygens (including phenoxy) is 1. The summed E-state index contributed by atoms with van der Waals surface area (Å²) in [5.41, 5.74) is 0.976. The molecule has 0 saturated heterocycles. The highest BCUT2D eigenvalue weighted by Gasteiger charge is 2.24. The average molecular weight is 377 g/mol. The van der Waals surface area contributed by atoms with E-state index in [1.807, 2.05) is 24.3 Å². The van der Waals surface area contributed by atoms with Gasteiger partial charge in [0.2, 0.25) is 5.91 Å². The summed E-state index contributed by atoms with van der Waals surface area (Å²) < 4.78 is 43.0. The van der Waals surface area contributed by atoms with Crippen LogP contribution in [0.15, 0.2) is 53.4 Å². The predicted molar refractivity (Wildman–Crippen MR) is 95.2 cm³/mol. The number of sulfone groups is 1. The van der Waals surface area contributed by atoms with E-state index < -0.39 is 15.7 Å². The average Bonchev–Trinajstić information content (AvgIpc) is 2.84. The van der Waals surface area contributed by atoms with E-state index in [0.29, 0.717) is 19.4 Å². The molecule has 0 radical (unpaired) electrons. The van der Waals surface area contributed by atoms with Crippen molar-refractivity contribution in [1.82, 2.24) is 5.32 Å². The van der Waals surface area contributed by atoms with Crippen LogP contribution < -0.4 is 10.1 Å². The molecule has 0 bridgehead atoms. The zero-order valence-corrected chi connectivity index (χ0v) is 15.0. The molecule has 1 aliphatic heterocycles. The Morgan fingerprint density at radius 3 is 2.65 bits per heavy atom. The lowest BCUT2D eigenvalue weighted by molar-refractivity contribution is -0.125. The molecule has 7 heteroatoms. The van der Waals surface area contributed by atoms with Crippen molar-refractivity contribution >= 4 is 15.7 Å². The van der Waals surface area contributed by atoms with E-state index in [1.165, 1.54) is 12.1 Å². The maximum atomic E-state index is 12.9. The van der Waals surface area contributed by atoms with Crippen molar-refractivity contribution in [3.05, 3.63) is 59.9 Å². The third-order valence-electron chi connectivity index (χ3n) is 4.38. The van der Waals surface area contributed by atoms with Crippen LogP contribution in [0.4, 0.5) is 4.39 Å². The number of benzene rings is 2. The van der Waals surface area contributed by atoms with Crippen LogP contribution in [0.1, 0.15) is 12.0 Å². The molecule has 0 fully saturated rings. The summed E-state index contributed by atoms with van der Waals surface area (Å²) in [6.45, 7) is 0.459. The molecule has 1 amide bonds. The summed E-state index contributed by atoms with van der Waals surface area (Å²) in [6, 6.07) is 12.3. The number of fused-ring (bicyclic) bond motifs is 1. The first-order chi connectivity index (χ1) is 12.5. The molecule has 1 atom stereocenters. The van der Waals surface area contributed by atoms with Gasteiger partial charge in [-0.3, -0.25) is 4.79 Å². The van der Waals surface area contributed by atoms with Crippen LogP contribution in [0.5, 0.6) is 5.75 Å². The van der Waals surface area contributed by atoms with Gasteiger partial charge in [0.05, 0.1) is 17.3 Å². The minimum Gasteiger partial charge on any atom is -0.493 e. The van der Waals surface area contributed by atoms with Gasteiger partial charge in [0.25, 0.3) is 0 Å². The lowest BCUT2D eigenvalue weighted by Gasteiger charge is -2.14. The van der Waals surface area contributed by atoms with Crippen LogP contribution in [0.2, 0.25) is 0 Å². The van der Waals surface area contributed by atoms with Crippen molar-refractivity contribution in [1.29, 1.82) is 0 Å². The normalized spacial score (nSPS) is 16.9. The van der Waals surface area contributed by atoms with E-state index in [-0.39, 0.29) is 29.0 Å². The third kappa shape index (κ3) is 4.40. The molecular weight excluding hydrogens is 357 g/mol. The number of rotatable bonds is 5. The van der Waals surface area contributed by atoms with Crippen molar-refractivity contribution < 1.29 is 22.3 Å². The molecule has 5 nitrogen and oxygen atoms in total. The topological polar surface area (TPSA) is 72.5 Å². The fourth-order valence-electron chi connectivity index (χ4n) is 2.93. The minimum atomic E-state index is -3.57. The maximum absolute atomic E-state index is 12.9. The molecule has 1 N–H and O–H groups in total. The molecule has 0 spiro atoms. The first-order valence-corrected chi connectivity index (χ1v) is 10.1. The fourth-order valence-corrected chi connectivity index (χ4v) is 4.09. The van der Waals surface area contributed by atoms with Crippen LogP contribution >= 0.6 is 0 Å². The smallest absolute Gasteiger partial charge is 0.223 e. The molecule has 138 valence electrons. The highest BCUT2D eigenvalue weighted by atomic mass is 32.2. The zero-order valence-electron chi connectivity index (χ0n) is 14.2. The second kappa shape index (κ2) is 7.86. The Kier molecular flexibility index (Phi) is 5.56. The molecule has 3 rings (SSSR count). The second-order valence-electron chi connectivity index (χ2n) is 6.21. The summed E-state index contributed by atoms with van der Waals surface area (Å²) in [5.74, 6) is -0.369. The summed E-state index contributed by atoms with van der Waals surface area (Å²) in [7, 11) is -3.57. The first kappa shape index (κ1) is 18.4. The van der Waals surface area contributed by atoms with Gasteiger partial charge >= 0.3 is 0 Å². The summed E-state index contributed by atoms with van der Waals surface area (Å²) in [5, 5.41) is 2.70. The van der Waals surface area contributed by atoms with E-state index in [0.717, 1.165) is 23.4 Å². The lowest BCUT2D eigenvalue weighted by atomic mass is 9.96. The van der Waals surface area contributed by atoms with Gasteiger partial charge in [-0.25, -0.2) is 12.8 Å². The summed E-state index contributed by atoms with van der Waals surface area (Å²) >= 11 is 0. The van der Waals surface area contributed by atoms with Crippen molar-refractivity contribution in [2.24, 2.45) is 5.92 Å². The number of carbonyl (C=O) groups excluding carboxylic acids is 1. The molecular formula is C19H20FNO4S. The van der Waals surface area contributed by atoms with Crippen molar-refractivity contribution in [2.75, 3.05) is 18.9 Å². The van der Waals surface area contributed by atoms with Gasteiger partial charge in [-0.15, -0.1) is 0 Å². The maximum Gasteiger partial charge on any atom is 0.223 e. The predicted octanol–water partition coefficient (Wildman–Crippen LogP) is 2.36. The Morgan fingerprint density at radius 2 is 1.88 bits per heavy atom. The van der Waals surface area contributed by atoms with E-state index in [2.05, 4.69) is 5.32 Å². The Labute approximate surface area is 152 Å². The van der Waals surface area contributed by atoms with Crippen molar-refractivity contribution in [3.63, 3.8) is 0 Å². The summed E-state index contributed by atoms with van der Waals surface area (Å²) in [4.78, 5) is 12.5. The van der Waals surface area contributed by atoms with Gasteiger partial charge in [0.15, 0.2) is 9.84 Å². The number of halogens is 1. The molecule has 0 aliphatic carbocycles. The van der Waals surface area contributed by atoms with Gasteiger partial charge in [-0.2, -0.15) is 0 Å². The van der Waals surface area contributed by atoms with Gasteiger partial charge in [-0.1, -0.05) is 18.2 Å². The number of para-hydroxylation sites is 1. The van der Waals surface area contributed by atoms with Crippen molar-refractivity contribution in [2.45, 2.75) is 17.7 Å². The molecule has 2 aromatic rings. The Hall–Kier alpha value is -2.41. The van der Waals surface area contributed by atoms with E-state index in [9.17, 15) is 17.6 Å². The highest BCUT2D eigenvalue weighted by Crippen LogP contribution is 2.26. The SMILES string of the molecule is O=C(NCCS(=O)(=O)c1ccc(F)cc1)[C@@H]1CCOc2ccccc2C1. The summed E-state index contributed by atoms with van der Waals surface area (Å²) in [6.07, 6.45) is 1.14. The first-order valence-electron chi connectivity index (χ1n) is 8.42. The molecule has 0 aromatic heterocycles. The number of hydrogen-bond acceptors (Lipinski definition) is 4. The Morgan fingerprint density at radius 1 is 1.15 bits per heavy atom. The van der Waals surface area contributed by atoms with Gasteiger partial charge in [-0.05, 0) is 48.7 Å². The van der Waals surface area contributed by atoms with Crippen LogP contribution in [-0.2, 0) is 21.1 Å². The quantitative estimate of drug-likeness (QED) is 0.812. The highest BCUT2D eigenvalue weighted by molar-refractivity contribution is 7.91. The molecule has 26 heavy (non-hydrogen) atoms. The minimum absolute atomic E-state index is 0.0115. The number of amides is 1. The molecule has 2 aromatic carbocycles. The van der Waals surface area contributed by atoms with Crippen LogP contribution in [-0.4, -0.2) is 33.2 Å². The zero-order chi connectivity index (χ0) is 18.6. The molecule has 0 saturated carbocycles. The number of carbonyl (C=O) groups is 1. The van der Waals surface area contributed by atoms with Crippen molar-refractivity contribution in [3.8, 4) is 5.75 Å². The molecule has 0 unspecified atom stereocenters. The molecule has 1 aliphatic rings. The van der Waals surface area contributed by atoms with Crippen LogP contribution in [0.3, 0.4) is 0 Å². The van der Waals surface area contributed by atoms with Gasteiger partial charge in [0.1, 0.15) is 11.6 Å². The lowest BCUT2D eigenvalue weighted by Crippen LogP contribution is -2.35. The largest absolute Gasteiger partial charge is 0.493 e. The van der Waals surface area contributed by atoms with Gasteiger partial charge in [0, 0.05) is 12.5 Å². The van der Waals surface area contributed by atoms with E-state index >= 15 is 0 Å². The van der Waals surface area contributed by atoms with E-state index in [1.54, 1.807) is 0 Å². The van der Waals surface area contributed by atoms with E-state index in [4.69, 9.17) is 4.74 Å². The second-order valence-corrected chi connectivity index (χ2v) is 8.32. The van der Waals surface area contributed by atoms with Gasteiger partial charge < -0.3 is 10.1 Å². The number of nitrogens with one attached hydrogen (secondary N) is 1. The standard InChI is InChI=1S/C19H20FNO4S/c20-16-5-7-17(8-6-16)26(23,24)12-10-21-19(22)15-9-11-25-18-4-2-1-3-14(18)13-15/h1-8,15H,9-13H2,(H,21,22)/t15-/m1/s1. The van der Waals surface area contributed by atoms with Crippen LogP contribution in [0.25, 0.3) is 0 Å². The monoisotopic (exact) mass is 377 g/mol. The fraction of sp³-hybridized carbons (Fsp3) is 0.316. The number of hydrogen-bond donors (Lipinski definition) is 1. The van der Waals surface area contributed by atoms with Crippen LogP contribution in [0, 0.1) is 11.7 Å². The Balaban J connectivity index is 1.56. The molecule has 1 heterocycles. The Bertz CT molecular complexity index is 881.